The molecular weight excluding hydrogens is 174 g/mol. The van der Waals surface area contributed by atoms with Gasteiger partial charge in [0, 0.05) is 18.8 Å². The van der Waals surface area contributed by atoms with Crippen LogP contribution >= 0.6 is 12.6 Å². The van der Waals surface area contributed by atoms with Crippen LogP contribution in [0.1, 0.15) is 0 Å². The van der Waals surface area contributed by atoms with Gasteiger partial charge in [-0.15, -0.1) is 0 Å². The van der Waals surface area contributed by atoms with Crippen molar-refractivity contribution in [2.24, 2.45) is 0 Å². The van der Waals surface area contributed by atoms with E-state index in [1.165, 1.54) is 0 Å². The molecule has 0 unspecified atom stereocenters. The largest absolute Gasteiger partial charge is 0.370 e. The van der Waals surface area contributed by atoms with Gasteiger partial charge in [0.05, 0.1) is 6.61 Å². The maximum atomic E-state index is 11.1. The number of amides is 1. The van der Waals surface area contributed by atoms with Crippen LogP contribution in [0.25, 0.3) is 0 Å². The van der Waals surface area contributed by atoms with E-state index in [2.05, 4.69) is 12.6 Å². The van der Waals surface area contributed by atoms with Crippen LogP contribution < -0.4 is 0 Å². The lowest BCUT2D eigenvalue weighted by Crippen LogP contribution is -2.41. The number of morpholine rings is 1. The molecule has 0 aromatic carbocycles. The Balaban J connectivity index is 2.29. The standard InChI is InChI=1S/C8H13NO2S/c10-8-7-11-5-4-9(8)3-1-2-6-12/h1-2,12H,3-7H2/b2-1+. The van der Waals surface area contributed by atoms with Gasteiger partial charge in [0.15, 0.2) is 0 Å². The quantitative estimate of drug-likeness (QED) is 0.510. The molecule has 0 aliphatic carbocycles. The molecule has 0 bridgehead atoms. The van der Waals surface area contributed by atoms with Gasteiger partial charge in [0.25, 0.3) is 0 Å². The van der Waals surface area contributed by atoms with Crippen LogP contribution in [0.4, 0.5) is 0 Å². The average molecular weight is 187 g/mol. The molecular formula is C8H13NO2S. The van der Waals surface area contributed by atoms with Crippen molar-refractivity contribution in [2.45, 2.75) is 0 Å². The molecule has 0 N–H and O–H groups in total. The summed E-state index contributed by atoms with van der Waals surface area (Å²) < 4.78 is 4.99. The Morgan fingerprint density at radius 3 is 3.08 bits per heavy atom. The van der Waals surface area contributed by atoms with Gasteiger partial charge in [-0.1, -0.05) is 12.2 Å². The Hall–Kier alpha value is -0.480. The topological polar surface area (TPSA) is 29.5 Å². The minimum absolute atomic E-state index is 0.0741. The number of thiol groups is 1. The van der Waals surface area contributed by atoms with Crippen molar-refractivity contribution in [3.05, 3.63) is 12.2 Å². The first kappa shape index (κ1) is 9.61. The van der Waals surface area contributed by atoms with Crippen LogP contribution in [0.5, 0.6) is 0 Å². The van der Waals surface area contributed by atoms with E-state index in [4.69, 9.17) is 4.74 Å². The molecule has 12 heavy (non-hydrogen) atoms. The molecule has 0 aromatic rings. The summed E-state index contributed by atoms with van der Waals surface area (Å²) in [5.74, 6) is 0.795. The molecule has 0 aromatic heterocycles. The van der Waals surface area contributed by atoms with Gasteiger partial charge in [0.2, 0.25) is 5.91 Å². The summed E-state index contributed by atoms with van der Waals surface area (Å²) >= 11 is 4.03. The molecule has 4 heteroatoms. The summed E-state index contributed by atoms with van der Waals surface area (Å²) in [6, 6.07) is 0. The molecule has 1 amide bonds. The SMILES string of the molecule is O=C1COCCN1C/C=C/CS. The van der Waals surface area contributed by atoms with E-state index in [0.29, 0.717) is 19.7 Å². The third-order valence-electron chi connectivity index (χ3n) is 1.68. The van der Waals surface area contributed by atoms with E-state index in [9.17, 15) is 4.79 Å². The van der Waals surface area contributed by atoms with Crippen molar-refractivity contribution in [1.29, 1.82) is 0 Å². The van der Waals surface area contributed by atoms with Gasteiger partial charge in [0.1, 0.15) is 6.61 Å². The van der Waals surface area contributed by atoms with E-state index in [-0.39, 0.29) is 12.5 Å². The first-order valence-corrected chi connectivity index (χ1v) is 4.59. The molecule has 1 saturated heterocycles. The highest BCUT2D eigenvalue weighted by Crippen LogP contribution is 1.98. The molecule has 1 heterocycles. The summed E-state index contributed by atoms with van der Waals surface area (Å²) in [4.78, 5) is 12.9. The number of nitrogens with zero attached hydrogens (tertiary/aromatic N) is 1. The van der Waals surface area contributed by atoms with Gasteiger partial charge in [-0.2, -0.15) is 12.6 Å². The normalized spacial score (nSPS) is 19.1. The second-order valence-electron chi connectivity index (χ2n) is 2.55. The molecule has 0 radical (unpaired) electrons. The number of hydrogen-bond acceptors (Lipinski definition) is 3. The molecule has 1 aliphatic heterocycles. The summed E-state index contributed by atoms with van der Waals surface area (Å²) in [6.45, 7) is 2.27. The summed E-state index contributed by atoms with van der Waals surface area (Å²) in [5, 5.41) is 0. The van der Waals surface area contributed by atoms with Crippen LogP contribution in [-0.2, 0) is 9.53 Å². The van der Waals surface area contributed by atoms with E-state index >= 15 is 0 Å². The minimum Gasteiger partial charge on any atom is -0.370 e. The monoisotopic (exact) mass is 187 g/mol. The van der Waals surface area contributed by atoms with E-state index in [1.54, 1.807) is 4.90 Å². The van der Waals surface area contributed by atoms with Crippen molar-refractivity contribution in [3.63, 3.8) is 0 Å². The zero-order chi connectivity index (χ0) is 8.81. The first-order chi connectivity index (χ1) is 5.84. The van der Waals surface area contributed by atoms with Gasteiger partial charge >= 0.3 is 0 Å². The number of hydrogen-bond donors (Lipinski definition) is 1. The third-order valence-corrected chi connectivity index (χ3v) is 1.89. The zero-order valence-corrected chi connectivity index (χ0v) is 7.80. The lowest BCUT2D eigenvalue weighted by Gasteiger charge is -2.25. The Morgan fingerprint density at radius 2 is 2.42 bits per heavy atom. The molecule has 0 atom stereocenters. The highest BCUT2D eigenvalue weighted by atomic mass is 32.1. The van der Waals surface area contributed by atoms with Crippen molar-refractivity contribution in [3.8, 4) is 0 Å². The summed E-state index contributed by atoms with van der Waals surface area (Å²) in [7, 11) is 0. The fourth-order valence-corrected chi connectivity index (χ4v) is 1.17. The maximum absolute atomic E-state index is 11.1. The Labute approximate surface area is 77.8 Å². The zero-order valence-electron chi connectivity index (χ0n) is 6.90. The predicted molar refractivity (Wildman–Crippen MR) is 50.4 cm³/mol. The van der Waals surface area contributed by atoms with Crippen LogP contribution in [0, 0.1) is 0 Å². The molecule has 1 aliphatic rings. The van der Waals surface area contributed by atoms with Crippen molar-refractivity contribution in [1.82, 2.24) is 4.90 Å². The molecule has 1 fully saturated rings. The average Bonchev–Trinajstić information content (AvgIpc) is 2.09. The molecule has 68 valence electrons. The lowest BCUT2D eigenvalue weighted by atomic mass is 10.4. The third kappa shape index (κ3) is 2.87. The predicted octanol–water partition coefficient (Wildman–Crippen LogP) is 0.331. The molecule has 0 spiro atoms. The van der Waals surface area contributed by atoms with Crippen LogP contribution in [0.2, 0.25) is 0 Å². The van der Waals surface area contributed by atoms with Crippen LogP contribution in [-0.4, -0.2) is 42.9 Å². The van der Waals surface area contributed by atoms with Crippen molar-refractivity contribution >= 4 is 18.5 Å². The smallest absolute Gasteiger partial charge is 0.248 e. The minimum atomic E-state index is 0.0741. The van der Waals surface area contributed by atoms with E-state index < -0.39 is 0 Å². The maximum Gasteiger partial charge on any atom is 0.248 e. The first-order valence-electron chi connectivity index (χ1n) is 3.96. The Bertz CT molecular complexity index is 182. The molecule has 0 saturated carbocycles. The van der Waals surface area contributed by atoms with Crippen molar-refractivity contribution in [2.75, 3.05) is 32.1 Å². The Morgan fingerprint density at radius 1 is 1.58 bits per heavy atom. The van der Waals surface area contributed by atoms with Gasteiger partial charge in [-0.05, 0) is 0 Å². The second-order valence-corrected chi connectivity index (χ2v) is 2.91. The van der Waals surface area contributed by atoms with Crippen LogP contribution in [0.3, 0.4) is 0 Å². The van der Waals surface area contributed by atoms with Crippen LogP contribution in [0.15, 0.2) is 12.2 Å². The molecule has 1 rings (SSSR count). The second kappa shape index (κ2) is 5.22. The number of carbonyl (C=O) groups excluding carboxylic acids is 1. The number of carbonyl (C=O) groups is 1. The fraction of sp³-hybridized carbons (Fsp3) is 0.625. The number of rotatable bonds is 3. The molecule has 3 nitrogen and oxygen atoms in total. The lowest BCUT2D eigenvalue weighted by molar-refractivity contribution is -0.141. The van der Waals surface area contributed by atoms with Gasteiger partial charge in [-0.25, -0.2) is 0 Å². The highest BCUT2D eigenvalue weighted by Gasteiger charge is 2.16. The van der Waals surface area contributed by atoms with Gasteiger partial charge in [-0.3, -0.25) is 4.79 Å². The summed E-state index contributed by atoms with van der Waals surface area (Å²) in [5.41, 5.74) is 0. The fourth-order valence-electron chi connectivity index (χ4n) is 1.02. The van der Waals surface area contributed by atoms with E-state index in [1.807, 2.05) is 12.2 Å². The number of ether oxygens (including phenoxy) is 1. The van der Waals surface area contributed by atoms with Gasteiger partial charge < -0.3 is 9.64 Å². The highest BCUT2D eigenvalue weighted by molar-refractivity contribution is 7.80. The Kier molecular flexibility index (Phi) is 4.18. The van der Waals surface area contributed by atoms with Crippen molar-refractivity contribution < 1.29 is 9.53 Å². The summed E-state index contributed by atoms with van der Waals surface area (Å²) in [6.07, 6.45) is 3.89. The van der Waals surface area contributed by atoms with E-state index in [0.717, 1.165) is 5.75 Å².